The molecule has 3 rings (SSSR count). The number of ether oxygens (including phenoxy) is 1. The van der Waals surface area contributed by atoms with Crippen LogP contribution in [0.3, 0.4) is 0 Å². The average molecular weight is 411 g/mol. The van der Waals surface area contributed by atoms with Gasteiger partial charge in [0.2, 0.25) is 0 Å². The third-order valence-electron chi connectivity index (χ3n) is 4.50. The molecule has 0 aromatic heterocycles. The lowest BCUT2D eigenvalue weighted by Gasteiger charge is -2.13. The van der Waals surface area contributed by atoms with Gasteiger partial charge in [-0.1, -0.05) is 38.1 Å². The molecule has 2 aromatic carbocycles. The van der Waals surface area contributed by atoms with Crippen LogP contribution in [0.5, 0.6) is 5.75 Å². The van der Waals surface area contributed by atoms with E-state index in [-0.39, 0.29) is 11.1 Å². The molecule has 29 heavy (non-hydrogen) atoms. The van der Waals surface area contributed by atoms with E-state index >= 15 is 0 Å². The molecular formula is C22H21NO5S. The third kappa shape index (κ3) is 4.68. The number of imide groups is 1. The summed E-state index contributed by atoms with van der Waals surface area (Å²) in [5, 5.41) is 8.73. The number of aliphatic carboxylic acids is 1. The second kappa shape index (κ2) is 8.96. The molecule has 0 saturated carbocycles. The second-order valence-corrected chi connectivity index (χ2v) is 7.45. The number of hydrogen-bond acceptors (Lipinski definition) is 5. The first-order valence-corrected chi connectivity index (χ1v) is 10.1. The number of hydrogen-bond donors (Lipinski definition) is 1. The number of carbonyl (C=O) groups excluding carboxylic acids is 2. The summed E-state index contributed by atoms with van der Waals surface area (Å²) < 4.78 is 5.43. The number of benzene rings is 2. The molecule has 2 amide bonds. The number of anilines is 1. The van der Waals surface area contributed by atoms with E-state index < -0.39 is 12.1 Å². The first-order chi connectivity index (χ1) is 13.9. The summed E-state index contributed by atoms with van der Waals surface area (Å²) >= 11 is 0.893. The minimum atomic E-state index is -1.02. The predicted molar refractivity (Wildman–Crippen MR) is 113 cm³/mol. The van der Waals surface area contributed by atoms with Gasteiger partial charge < -0.3 is 9.84 Å². The Bertz CT molecular complexity index is 950. The van der Waals surface area contributed by atoms with Crippen LogP contribution in [0.25, 0.3) is 6.08 Å². The fourth-order valence-corrected chi connectivity index (χ4v) is 3.68. The molecule has 1 atom stereocenters. The Morgan fingerprint density at radius 1 is 1.10 bits per heavy atom. The zero-order valence-electron chi connectivity index (χ0n) is 16.1. The lowest BCUT2D eigenvalue weighted by Crippen LogP contribution is -2.27. The van der Waals surface area contributed by atoms with Gasteiger partial charge in [-0.05, 0) is 66.1 Å². The van der Waals surface area contributed by atoms with Crippen molar-refractivity contribution >= 4 is 40.6 Å². The molecule has 0 aliphatic carbocycles. The molecule has 1 fully saturated rings. The number of carboxylic acid groups (broad SMARTS) is 1. The van der Waals surface area contributed by atoms with Crippen molar-refractivity contribution in [2.75, 3.05) is 4.90 Å². The standard InChI is InChI=1S/C22H21NO5S/c1-3-14-5-9-16(10-6-14)23-20(24)19(29-22(23)27)13-15-7-11-17(12-8-15)28-18(4-2)21(25)26/h5-13,18H,3-4H2,1-2H3,(H,25,26)/b19-13+. The molecule has 0 bridgehead atoms. The Morgan fingerprint density at radius 3 is 2.31 bits per heavy atom. The number of thioether (sulfide) groups is 1. The molecule has 1 saturated heterocycles. The van der Waals surface area contributed by atoms with Crippen LogP contribution < -0.4 is 9.64 Å². The van der Waals surface area contributed by atoms with Crippen molar-refractivity contribution in [3.63, 3.8) is 0 Å². The van der Waals surface area contributed by atoms with Crippen molar-refractivity contribution in [3.05, 3.63) is 64.6 Å². The molecule has 1 aliphatic rings. The van der Waals surface area contributed by atoms with Crippen LogP contribution in [0, 0.1) is 0 Å². The topological polar surface area (TPSA) is 83.9 Å². The first kappa shape index (κ1) is 20.7. The summed E-state index contributed by atoms with van der Waals surface area (Å²) in [6, 6.07) is 14.1. The first-order valence-electron chi connectivity index (χ1n) is 9.29. The number of aryl methyl sites for hydroxylation is 1. The summed E-state index contributed by atoms with van der Waals surface area (Å²) in [6.45, 7) is 3.78. The Balaban J connectivity index is 1.75. The highest BCUT2D eigenvalue weighted by molar-refractivity contribution is 8.19. The van der Waals surface area contributed by atoms with E-state index in [1.54, 1.807) is 49.4 Å². The maximum atomic E-state index is 12.7. The maximum Gasteiger partial charge on any atom is 0.344 e. The summed E-state index contributed by atoms with van der Waals surface area (Å²) in [6.07, 6.45) is 1.97. The van der Waals surface area contributed by atoms with Crippen molar-refractivity contribution in [2.24, 2.45) is 0 Å². The predicted octanol–water partition coefficient (Wildman–Crippen LogP) is 4.73. The van der Waals surface area contributed by atoms with Crippen molar-refractivity contribution in [1.82, 2.24) is 0 Å². The molecule has 1 aliphatic heterocycles. The average Bonchev–Trinajstić information content (AvgIpc) is 3.00. The highest BCUT2D eigenvalue weighted by Gasteiger charge is 2.36. The largest absolute Gasteiger partial charge is 0.479 e. The molecule has 2 aromatic rings. The molecule has 7 heteroatoms. The van der Waals surface area contributed by atoms with Crippen molar-refractivity contribution in [2.45, 2.75) is 32.8 Å². The van der Waals surface area contributed by atoms with E-state index in [4.69, 9.17) is 9.84 Å². The van der Waals surface area contributed by atoms with Crippen molar-refractivity contribution < 1.29 is 24.2 Å². The summed E-state index contributed by atoms with van der Waals surface area (Å²) in [4.78, 5) is 37.7. The van der Waals surface area contributed by atoms with E-state index in [2.05, 4.69) is 0 Å². The second-order valence-electron chi connectivity index (χ2n) is 6.46. The van der Waals surface area contributed by atoms with E-state index in [9.17, 15) is 14.4 Å². The molecule has 1 heterocycles. The molecular weight excluding hydrogens is 390 g/mol. The van der Waals surface area contributed by atoms with Crippen LogP contribution >= 0.6 is 11.8 Å². The van der Waals surface area contributed by atoms with Gasteiger partial charge >= 0.3 is 5.97 Å². The van der Waals surface area contributed by atoms with E-state index in [0.29, 0.717) is 28.3 Å². The van der Waals surface area contributed by atoms with Gasteiger partial charge in [0, 0.05) is 0 Å². The van der Waals surface area contributed by atoms with Gasteiger partial charge in [-0.15, -0.1) is 0 Å². The molecule has 1 N–H and O–H groups in total. The van der Waals surface area contributed by atoms with E-state index in [0.717, 1.165) is 23.7 Å². The van der Waals surface area contributed by atoms with E-state index in [1.165, 1.54) is 4.90 Å². The van der Waals surface area contributed by atoms with E-state index in [1.807, 2.05) is 19.1 Å². The van der Waals surface area contributed by atoms with Crippen molar-refractivity contribution in [3.8, 4) is 5.75 Å². The van der Waals surface area contributed by atoms with Crippen LogP contribution in [0.15, 0.2) is 53.4 Å². The van der Waals surface area contributed by atoms with Gasteiger partial charge in [0.05, 0.1) is 10.6 Å². The molecule has 1 unspecified atom stereocenters. The molecule has 0 spiro atoms. The van der Waals surface area contributed by atoms with Crippen LogP contribution in [0.1, 0.15) is 31.4 Å². The number of carbonyl (C=O) groups is 3. The van der Waals surface area contributed by atoms with Gasteiger partial charge in [0.25, 0.3) is 11.1 Å². The maximum absolute atomic E-state index is 12.7. The lowest BCUT2D eigenvalue weighted by molar-refractivity contribution is -0.145. The van der Waals surface area contributed by atoms with Gasteiger partial charge in [-0.25, -0.2) is 9.69 Å². The third-order valence-corrected chi connectivity index (χ3v) is 5.37. The zero-order valence-corrected chi connectivity index (χ0v) is 16.9. The van der Waals surface area contributed by atoms with Gasteiger partial charge in [0.15, 0.2) is 6.10 Å². The Morgan fingerprint density at radius 2 is 1.76 bits per heavy atom. The molecule has 150 valence electrons. The number of amides is 2. The fourth-order valence-electron chi connectivity index (χ4n) is 2.84. The van der Waals surface area contributed by atoms with Crippen LogP contribution in [0.4, 0.5) is 10.5 Å². The molecule has 6 nitrogen and oxygen atoms in total. The smallest absolute Gasteiger partial charge is 0.344 e. The minimum absolute atomic E-state index is 0.334. The van der Waals surface area contributed by atoms with Gasteiger partial charge in [-0.2, -0.15) is 0 Å². The monoisotopic (exact) mass is 411 g/mol. The Hall–Kier alpha value is -3.06. The van der Waals surface area contributed by atoms with Crippen LogP contribution in [-0.2, 0) is 16.0 Å². The van der Waals surface area contributed by atoms with Gasteiger partial charge in [-0.3, -0.25) is 9.59 Å². The van der Waals surface area contributed by atoms with Gasteiger partial charge in [0.1, 0.15) is 5.75 Å². The summed E-state index contributed by atoms with van der Waals surface area (Å²) in [7, 11) is 0. The van der Waals surface area contributed by atoms with Crippen LogP contribution in [0.2, 0.25) is 0 Å². The van der Waals surface area contributed by atoms with Crippen molar-refractivity contribution in [1.29, 1.82) is 0 Å². The number of carboxylic acids is 1. The number of rotatable bonds is 7. The fraction of sp³-hybridized carbons (Fsp3) is 0.227. The number of nitrogens with zero attached hydrogens (tertiary/aromatic N) is 1. The Labute approximate surface area is 173 Å². The summed E-state index contributed by atoms with van der Waals surface area (Å²) in [5.74, 6) is -0.945. The summed E-state index contributed by atoms with van der Waals surface area (Å²) in [5.41, 5.74) is 2.40. The highest BCUT2D eigenvalue weighted by Crippen LogP contribution is 2.36. The minimum Gasteiger partial charge on any atom is -0.479 e. The quantitative estimate of drug-likeness (QED) is 0.663. The lowest BCUT2D eigenvalue weighted by atomic mass is 10.1. The molecule has 0 radical (unpaired) electrons. The van der Waals surface area contributed by atoms with Crippen LogP contribution in [-0.4, -0.2) is 28.3 Å². The zero-order chi connectivity index (χ0) is 21.0. The highest BCUT2D eigenvalue weighted by atomic mass is 32.2. The SMILES string of the molecule is CCc1ccc(N2C(=O)S/C(=C/c3ccc(OC(CC)C(=O)O)cc3)C2=O)cc1. The normalized spacial score (nSPS) is 16.3. The Kier molecular flexibility index (Phi) is 6.39.